The van der Waals surface area contributed by atoms with Gasteiger partial charge in [-0.2, -0.15) is 22.5 Å². The first kappa shape index (κ1) is 16.1. The normalized spacial score (nSPS) is 27.6. The van der Waals surface area contributed by atoms with Crippen molar-refractivity contribution >= 4 is 5.91 Å². The van der Waals surface area contributed by atoms with Crippen LogP contribution < -0.4 is 5.32 Å². The Morgan fingerprint density at radius 3 is 2.61 bits per heavy atom. The number of fused-ring (bicyclic) bond motifs is 4. The predicted molar refractivity (Wildman–Crippen MR) is 72.0 cm³/mol. The summed E-state index contributed by atoms with van der Waals surface area (Å²) in [5, 5.41) is 2.71. The fourth-order valence-electron chi connectivity index (χ4n) is 3.21. The topological polar surface area (TPSA) is 58.1 Å². The summed E-state index contributed by atoms with van der Waals surface area (Å²) in [7, 11) is 0. The molecule has 1 atom stereocenters. The van der Waals surface area contributed by atoms with Gasteiger partial charge in [-0.15, -0.1) is 0 Å². The van der Waals surface area contributed by atoms with Crippen molar-refractivity contribution in [2.45, 2.75) is 31.5 Å². The monoisotopic (exact) mass is 332 g/mol. The van der Waals surface area contributed by atoms with Gasteiger partial charge in [-0.05, 0) is 38.3 Å². The van der Waals surface area contributed by atoms with Gasteiger partial charge in [0.05, 0.1) is 0 Å². The molecule has 0 radical (unpaired) electrons. The van der Waals surface area contributed by atoms with Crippen molar-refractivity contribution < 1.29 is 22.4 Å². The highest BCUT2D eigenvalue weighted by Gasteiger charge is 2.36. The average molecular weight is 332 g/mol. The minimum atomic E-state index is -4.88. The van der Waals surface area contributed by atoms with Crippen LogP contribution in [0.1, 0.15) is 35.4 Å². The van der Waals surface area contributed by atoms with Crippen LogP contribution in [0.4, 0.5) is 17.6 Å². The summed E-state index contributed by atoms with van der Waals surface area (Å²) in [5.41, 5.74) is -1.58. The van der Waals surface area contributed by atoms with Gasteiger partial charge in [0.1, 0.15) is 5.56 Å². The van der Waals surface area contributed by atoms with E-state index in [4.69, 9.17) is 0 Å². The summed E-state index contributed by atoms with van der Waals surface area (Å²) in [6.45, 7) is 2.66. The third-order valence-electron chi connectivity index (χ3n) is 4.39. The van der Waals surface area contributed by atoms with Crippen molar-refractivity contribution in [3.05, 3.63) is 23.5 Å². The standard InChI is InChI=1S/C14H16F4N4O/c15-11-10(14(16,17)18)6-19-12(21-11)13(23)20-9-5-8-1-3-22(7-9)4-2-8/h6,8-9H,1-5,7H2,(H,20,23). The number of alkyl halides is 3. The van der Waals surface area contributed by atoms with E-state index in [-0.39, 0.29) is 6.04 Å². The third kappa shape index (κ3) is 3.60. The van der Waals surface area contributed by atoms with E-state index in [0.29, 0.717) is 18.7 Å². The fraction of sp³-hybridized carbons (Fsp3) is 0.643. The number of rotatable bonds is 2. The highest BCUT2D eigenvalue weighted by molar-refractivity contribution is 5.90. The number of piperidine rings is 1. The van der Waals surface area contributed by atoms with E-state index >= 15 is 0 Å². The summed E-state index contributed by atoms with van der Waals surface area (Å²) in [4.78, 5) is 20.7. The first-order valence-electron chi connectivity index (χ1n) is 7.46. The number of hydrogen-bond donors (Lipinski definition) is 1. The molecule has 23 heavy (non-hydrogen) atoms. The molecule has 0 aliphatic carbocycles. The molecule has 1 aromatic rings. The fourth-order valence-corrected chi connectivity index (χ4v) is 3.21. The molecule has 3 fully saturated rings. The molecule has 4 heterocycles. The first-order chi connectivity index (χ1) is 10.8. The highest BCUT2D eigenvalue weighted by atomic mass is 19.4. The zero-order chi connectivity index (χ0) is 16.6. The van der Waals surface area contributed by atoms with Gasteiger partial charge in [0.25, 0.3) is 5.91 Å². The van der Waals surface area contributed by atoms with Crippen molar-refractivity contribution in [2.75, 3.05) is 19.6 Å². The third-order valence-corrected chi connectivity index (χ3v) is 4.39. The van der Waals surface area contributed by atoms with E-state index in [1.54, 1.807) is 0 Å². The van der Waals surface area contributed by atoms with Crippen molar-refractivity contribution in [3.63, 3.8) is 0 Å². The second kappa shape index (κ2) is 6.03. The number of nitrogens with one attached hydrogen (secondary N) is 1. The molecule has 9 heteroatoms. The predicted octanol–water partition coefficient (Wildman–Crippen LogP) is 1.85. The lowest BCUT2D eigenvalue weighted by Gasteiger charge is -2.26. The van der Waals surface area contributed by atoms with Crippen LogP contribution in [0.15, 0.2) is 6.20 Å². The second-order valence-corrected chi connectivity index (χ2v) is 6.05. The van der Waals surface area contributed by atoms with Crippen LogP contribution in [0.3, 0.4) is 0 Å². The lowest BCUT2D eigenvalue weighted by molar-refractivity contribution is -0.140. The van der Waals surface area contributed by atoms with E-state index in [1.165, 1.54) is 0 Å². The molecule has 0 spiro atoms. The number of amides is 1. The van der Waals surface area contributed by atoms with Gasteiger partial charge in [-0.3, -0.25) is 4.79 Å². The van der Waals surface area contributed by atoms with E-state index < -0.39 is 29.4 Å². The smallest absolute Gasteiger partial charge is 0.345 e. The number of hydrogen-bond acceptors (Lipinski definition) is 4. The van der Waals surface area contributed by atoms with E-state index in [1.807, 2.05) is 0 Å². The molecule has 3 aliphatic rings. The Balaban J connectivity index is 1.70. The number of carbonyl (C=O) groups is 1. The van der Waals surface area contributed by atoms with Crippen LogP contribution in [0, 0.1) is 11.9 Å². The molecule has 126 valence electrons. The Morgan fingerprint density at radius 2 is 2.00 bits per heavy atom. The Labute approximate surface area is 130 Å². The van der Waals surface area contributed by atoms with Gasteiger partial charge in [-0.25, -0.2) is 4.98 Å². The minimum Gasteiger partial charge on any atom is -0.345 e. The lowest BCUT2D eigenvalue weighted by atomic mass is 9.94. The molecule has 3 aliphatic heterocycles. The van der Waals surface area contributed by atoms with Crippen LogP contribution in [-0.4, -0.2) is 46.5 Å². The molecule has 1 unspecified atom stereocenters. The molecule has 2 bridgehead atoms. The SMILES string of the molecule is O=C(NC1CC2CCN(CC2)C1)c1ncc(C(F)(F)F)c(F)n1. The quantitative estimate of drug-likeness (QED) is 0.663. The largest absolute Gasteiger partial charge is 0.422 e. The van der Waals surface area contributed by atoms with Crippen molar-refractivity contribution in [1.82, 2.24) is 20.2 Å². The second-order valence-electron chi connectivity index (χ2n) is 6.05. The highest BCUT2D eigenvalue weighted by Crippen LogP contribution is 2.30. The van der Waals surface area contributed by atoms with Crippen molar-refractivity contribution in [3.8, 4) is 0 Å². The molecule has 1 N–H and O–H groups in total. The number of halogens is 4. The maximum atomic E-state index is 13.4. The molecule has 3 saturated heterocycles. The summed E-state index contributed by atoms with van der Waals surface area (Å²) < 4.78 is 50.8. The van der Waals surface area contributed by atoms with Crippen LogP contribution in [0.2, 0.25) is 0 Å². The Hall–Kier alpha value is -1.77. The molecule has 1 amide bonds. The lowest BCUT2D eigenvalue weighted by Crippen LogP contribution is -2.42. The van der Waals surface area contributed by atoms with Gasteiger partial charge in [-0.1, -0.05) is 0 Å². The summed E-state index contributed by atoms with van der Waals surface area (Å²) >= 11 is 0. The van der Waals surface area contributed by atoms with Crippen molar-refractivity contribution in [1.29, 1.82) is 0 Å². The van der Waals surface area contributed by atoms with E-state index in [9.17, 15) is 22.4 Å². The molecule has 0 aromatic carbocycles. The Kier molecular flexibility index (Phi) is 4.22. The Bertz CT molecular complexity index is 585. The summed E-state index contributed by atoms with van der Waals surface area (Å²) in [5.74, 6) is -2.53. The zero-order valence-corrected chi connectivity index (χ0v) is 12.2. The van der Waals surface area contributed by atoms with Gasteiger partial charge in [0.15, 0.2) is 0 Å². The van der Waals surface area contributed by atoms with E-state index in [0.717, 1.165) is 32.4 Å². The van der Waals surface area contributed by atoms with Crippen molar-refractivity contribution in [2.24, 2.45) is 5.92 Å². The van der Waals surface area contributed by atoms with Crippen LogP contribution >= 0.6 is 0 Å². The minimum absolute atomic E-state index is 0.119. The average Bonchev–Trinajstić information content (AvgIpc) is 2.77. The molecule has 0 saturated carbocycles. The first-order valence-corrected chi connectivity index (χ1v) is 7.46. The summed E-state index contributed by atoms with van der Waals surface area (Å²) in [6.07, 6.45) is -1.61. The number of aromatic nitrogens is 2. The number of nitrogens with zero attached hydrogens (tertiary/aromatic N) is 3. The maximum Gasteiger partial charge on any atom is 0.422 e. The molecular weight excluding hydrogens is 316 g/mol. The van der Waals surface area contributed by atoms with Gasteiger partial charge in [0.2, 0.25) is 11.8 Å². The molecule has 4 rings (SSSR count). The molecule has 1 aromatic heterocycles. The van der Waals surface area contributed by atoms with Gasteiger partial charge in [0, 0.05) is 18.8 Å². The maximum absolute atomic E-state index is 13.4. The van der Waals surface area contributed by atoms with Crippen LogP contribution in [0.5, 0.6) is 0 Å². The van der Waals surface area contributed by atoms with Crippen LogP contribution in [-0.2, 0) is 6.18 Å². The van der Waals surface area contributed by atoms with Gasteiger partial charge >= 0.3 is 6.18 Å². The summed E-state index contributed by atoms with van der Waals surface area (Å²) in [6, 6.07) is -0.119. The number of carbonyl (C=O) groups excluding carboxylic acids is 1. The zero-order valence-electron chi connectivity index (χ0n) is 12.2. The van der Waals surface area contributed by atoms with E-state index in [2.05, 4.69) is 20.2 Å². The van der Waals surface area contributed by atoms with Crippen LogP contribution in [0.25, 0.3) is 0 Å². The molecular formula is C14H16F4N4O. The molecule has 5 nitrogen and oxygen atoms in total. The van der Waals surface area contributed by atoms with Gasteiger partial charge < -0.3 is 10.2 Å². The Morgan fingerprint density at radius 1 is 1.30 bits per heavy atom.